The molecule has 0 aromatic heterocycles. The van der Waals surface area contributed by atoms with E-state index < -0.39 is 17.4 Å². The minimum Gasteiger partial charge on any atom is -0.315 e. The summed E-state index contributed by atoms with van der Waals surface area (Å²) in [5.74, 6) is -0.738. The number of alkyl halides is 3. The number of carbonyl (C=O) groups is 1. The summed E-state index contributed by atoms with van der Waals surface area (Å²) in [5, 5.41) is 2.67. The molecule has 1 aromatic carbocycles. The van der Waals surface area contributed by atoms with Crippen LogP contribution < -0.4 is 5.32 Å². The van der Waals surface area contributed by atoms with Crippen molar-refractivity contribution in [1.82, 2.24) is 5.32 Å². The SMILES string of the molecule is Cc1ccc(CC(=O)C2(C(F)(F)F)CCNC2)cc1C. The summed E-state index contributed by atoms with van der Waals surface area (Å²) in [6, 6.07) is 5.36. The quantitative estimate of drug-likeness (QED) is 0.925. The van der Waals surface area contributed by atoms with Gasteiger partial charge in [0, 0.05) is 13.0 Å². The molecule has 1 aliphatic heterocycles. The van der Waals surface area contributed by atoms with Crippen molar-refractivity contribution in [3.63, 3.8) is 0 Å². The monoisotopic (exact) mass is 285 g/mol. The fraction of sp³-hybridized carbons (Fsp3) is 0.533. The number of Topliss-reactive ketones (excluding diaryl/α,β-unsaturated/α-hetero) is 1. The smallest absolute Gasteiger partial charge is 0.315 e. The van der Waals surface area contributed by atoms with Gasteiger partial charge in [0.2, 0.25) is 0 Å². The van der Waals surface area contributed by atoms with Crippen LogP contribution in [-0.4, -0.2) is 25.0 Å². The lowest BCUT2D eigenvalue weighted by Gasteiger charge is -2.29. The molecule has 1 fully saturated rings. The van der Waals surface area contributed by atoms with Crippen LogP contribution >= 0.6 is 0 Å². The summed E-state index contributed by atoms with van der Waals surface area (Å²) < 4.78 is 39.8. The first-order valence-electron chi connectivity index (χ1n) is 6.63. The van der Waals surface area contributed by atoms with Gasteiger partial charge in [-0.05, 0) is 43.5 Å². The molecule has 1 atom stereocenters. The van der Waals surface area contributed by atoms with Crippen LogP contribution in [0.25, 0.3) is 0 Å². The Balaban J connectivity index is 2.23. The van der Waals surface area contributed by atoms with E-state index in [1.54, 1.807) is 12.1 Å². The highest BCUT2D eigenvalue weighted by atomic mass is 19.4. The molecule has 0 saturated carbocycles. The highest BCUT2D eigenvalue weighted by molar-refractivity contribution is 5.88. The van der Waals surface area contributed by atoms with Crippen molar-refractivity contribution in [3.8, 4) is 0 Å². The minimum absolute atomic E-state index is 0.164. The molecule has 5 heteroatoms. The first-order chi connectivity index (χ1) is 9.26. The first kappa shape index (κ1) is 15.0. The summed E-state index contributed by atoms with van der Waals surface area (Å²) in [5.41, 5.74) is 0.481. The van der Waals surface area contributed by atoms with E-state index in [9.17, 15) is 18.0 Å². The van der Waals surface area contributed by atoms with Crippen LogP contribution in [0.4, 0.5) is 13.2 Å². The van der Waals surface area contributed by atoms with Crippen molar-refractivity contribution in [3.05, 3.63) is 34.9 Å². The largest absolute Gasteiger partial charge is 0.402 e. The normalized spacial score (nSPS) is 23.1. The van der Waals surface area contributed by atoms with Gasteiger partial charge in [-0.3, -0.25) is 4.79 Å². The van der Waals surface area contributed by atoms with Gasteiger partial charge >= 0.3 is 6.18 Å². The van der Waals surface area contributed by atoms with E-state index >= 15 is 0 Å². The highest BCUT2D eigenvalue weighted by Crippen LogP contribution is 2.44. The molecule has 1 saturated heterocycles. The second-order valence-electron chi connectivity index (χ2n) is 5.53. The van der Waals surface area contributed by atoms with Crippen molar-refractivity contribution in [2.24, 2.45) is 5.41 Å². The van der Waals surface area contributed by atoms with Crippen LogP contribution in [0.2, 0.25) is 0 Å². The van der Waals surface area contributed by atoms with Gasteiger partial charge in [0.1, 0.15) is 5.41 Å². The number of benzene rings is 1. The van der Waals surface area contributed by atoms with Crippen LogP contribution in [0.1, 0.15) is 23.1 Å². The third kappa shape index (κ3) is 2.59. The molecule has 2 rings (SSSR count). The van der Waals surface area contributed by atoms with E-state index in [4.69, 9.17) is 0 Å². The Hall–Kier alpha value is -1.36. The molecular formula is C15H18F3NO. The Bertz CT molecular complexity index is 516. The maximum absolute atomic E-state index is 13.3. The van der Waals surface area contributed by atoms with E-state index in [0.29, 0.717) is 5.56 Å². The maximum atomic E-state index is 13.3. The fourth-order valence-electron chi connectivity index (χ4n) is 2.60. The predicted molar refractivity (Wildman–Crippen MR) is 70.6 cm³/mol. The van der Waals surface area contributed by atoms with E-state index in [-0.39, 0.29) is 25.9 Å². The molecule has 1 aliphatic rings. The summed E-state index contributed by atoms with van der Waals surface area (Å²) in [6.45, 7) is 3.75. The molecular weight excluding hydrogens is 267 g/mol. The Morgan fingerprint density at radius 3 is 2.50 bits per heavy atom. The number of carbonyl (C=O) groups excluding carboxylic acids is 1. The molecule has 110 valence electrons. The van der Waals surface area contributed by atoms with Gasteiger partial charge < -0.3 is 5.32 Å². The van der Waals surface area contributed by atoms with Crippen molar-refractivity contribution in [2.75, 3.05) is 13.1 Å². The molecule has 1 heterocycles. The van der Waals surface area contributed by atoms with Crippen LogP contribution in [0.5, 0.6) is 0 Å². The van der Waals surface area contributed by atoms with Crippen molar-refractivity contribution >= 4 is 5.78 Å². The Labute approximate surface area is 116 Å². The zero-order valence-electron chi connectivity index (χ0n) is 11.6. The number of hydrogen-bond acceptors (Lipinski definition) is 2. The fourth-order valence-corrected chi connectivity index (χ4v) is 2.60. The van der Waals surface area contributed by atoms with Crippen molar-refractivity contribution in [2.45, 2.75) is 32.9 Å². The number of halogens is 3. The Morgan fingerprint density at radius 1 is 1.30 bits per heavy atom. The Morgan fingerprint density at radius 2 is 2.00 bits per heavy atom. The van der Waals surface area contributed by atoms with Gasteiger partial charge in [0.15, 0.2) is 5.78 Å². The lowest BCUT2D eigenvalue weighted by molar-refractivity contribution is -0.214. The average Bonchev–Trinajstić information content (AvgIpc) is 2.84. The molecule has 1 unspecified atom stereocenters. The molecule has 0 aliphatic carbocycles. The molecule has 0 amide bonds. The third-order valence-electron chi connectivity index (χ3n) is 4.17. The standard InChI is InChI=1S/C15H18F3NO/c1-10-3-4-12(7-11(10)2)8-13(20)14(15(16,17)18)5-6-19-9-14/h3-4,7,19H,5-6,8-9H2,1-2H3. The summed E-state index contributed by atoms with van der Waals surface area (Å²) >= 11 is 0. The van der Waals surface area contributed by atoms with E-state index in [0.717, 1.165) is 11.1 Å². The Kier molecular flexibility index (Phi) is 3.91. The predicted octanol–water partition coefficient (Wildman–Crippen LogP) is 2.96. The number of rotatable bonds is 3. The molecule has 0 bridgehead atoms. The van der Waals surface area contributed by atoms with Crippen LogP contribution in [0.15, 0.2) is 18.2 Å². The van der Waals surface area contributed by atoms with E-state index in [1.807, 2.05) is 19.9 Å². The van der Waals surface area contributed by atoms with Crippen LogP contribution in [-0.2, 0) is 11.2 Å². The third-order valence-corrected chi connectivity index (χ3v) is 4.17. The van der Waals surface area contributed by atoms with Gasteiger partial charge in [0.05, 0.1) is 0 Å². The zero-order valence-corrected chi connectivity index (χ0v) is 11.6. The molecule has 0 spiro atoms. The van der Waals surface area contributed by atoms with Gasteiger partial charge in [-0.25, -0.2) is 0 Å². The lowest BCUT2D eigenvalue weighted by atomic mass is 9.79. The maximum Gasteiger partial charge on any atom is 0.402 e. The summed E-state index contributed by atoms with van der Waals surface area (Å²) in [6.07, 6.45) is -4.82. The van der Waals surface area contributed by atoms with Gasteiger partial charge in [-0.15, -0.1) is 0 Å². The van der Waals surface area contributed by atoms with Gasteiger partial charge in [-0.2, -0.15) is 13.2 Å². The molecule has 20 heavy (non-hydrogen) atoms. The van der Waals surface area contributed by atoms with Crippen molar-refractivity contribution in [1.29, 1.82) is 0 Å². The lowest BCUT2D eigenvalue weighted by Crippen LogP contribution is -2.47. The molecule has 2 nitrogen and oxygen atoms in total. The van der Waals surface area contributed by atoms with Crippen LogP contribution in [0, 0.1) is 19.3 Å². The molecule has 0 radical (unpaired) electrons. The second kappa shape index (κ2) is 5.20. The van der Waals surface area contributed by atoms with E-state index in [2.05, 4.69) is 5.32 Å². The van der Waals surface area contributed by atoms with Crippen LogP contribution in [0.3, 0.4) is 0 Å². The zero-order chi connectivity index (χ0) is 15.0. The number of aryl methyl sites for hydroxylation is 2. The second-order valence-corrected chi connectivity index (χ2v) is 5.53. The number of nitrogens with one attached hydrogen (secondary N) is 1. The van der Waals surface area contributed by atoms with E-state index in [1.165, 1.54) is 0 Å². The topological polar surface area (TPSA) is 29.1 Å². The summed E-state index contributed by atoms with van der Waals surface area (Å²) in [7, 11) is 0. The molecule has 1 aromatic rings. The first-order valence-corrected chi connectivity index (χ1v) is 6.63. The summed E-state index contributed by atoms with van der Waals surface area (Å²) in [4.78, 5) is 12.2. The highest BCUT2D eigenvalue weighted by Gasteiger charge is 2.60. The van der Waals surface area contributed by atoms with Gasteiger partial charge in [0.25, 0.3) is 0 Å². The molecule has 1 N–H and O–H groups in total. The number of hydrogen-bond donors (Lipinski definition) is 1. The van der Waals surface area contributed by atoms with Gasteiger partial charge in [-0.1, -0.05) is 18.2 Å². The average molecular weight is 285 g/mol. The van der Waals surface area contributed by atoms with Crippen molar-refractivity contribution < 1.29 is 18.0 Å². The minimum atomic E-state index is -4.49. The number of ketones is 1.